The van der Waals surface area contributed by atoms with Gasteiger partial charge in [-0.1, -0.05) is 29.6 Å². The zero-order valence-corrected chi connectivity index (χ0v) is 10.4. The van der Waals surface area contributed by atoms with Crippen LogP contribution in [0, 0.1) is 5.82 Å². The van der Waals surface area contributed by atoms with Gasteiger partial charge in [-0.25, -0.2) is 4.39 Å². The highest BCUT2D eigenvalue weighted by Crippen LogP contribution is 2.23. The van der Waals surface area contributed by atoms with E-state index >= 15 is 0 Å². The molecule has 0 aliphatic heterocycles. The van der Waals surface area contributed by atoms with Crippen LogP contribution in [0.15, 0.2) is 29.6 Å². The molecule has 17 heavy (non-hydrogen) atoms. The third kappa shape index (κ3) is 2.87. The first-order valence-corrected chi connectivity index (χ1v) is 6.41. The van der Waals surface area contributed by atoms with Crippen molar-refractivity contribution in [2.45, 2.75) is 19.4 Å². The molecule has 1 unspecified atom stereocenters. The Hall–Kier alpha value is -1.33. The summed E-state index contributed by atoms with van der Waals surface area (Å²) >= 11 is 1.28. The Bertz CT molecular complexity index is 459. The molecule has 1 aromatic carbocycles. The molecular formula is C12H14FN3S. The molecule has 0 amide bonds. The average molecular weight is 251 g/mol. The molecule has 1 heterocycles. The normalized spacial score (nSPS) is 12.6. The predicted molar refractivity (Wildman–Crippen MR) is 66.4 cm³/mol. The maximum Gasteiger partial charge on any atom is 0.128 e. The standard InChI is InChI=1S/C12H14FN3S/c1-2-7-14-12(11-8-17-16-15-11)9-5-3-4-6-10(9)13/h3-6,8,12,14H,2,7H2,1H3. The van der Waals surface area contributed by atoms with Crippen LogP contribution in [0.2, 0.25) is 0 Å². The fourth-order valence-corrected chi connectivity index (χ4v) is 2.15. The molecule has 0 bridgehead atoms. The fourth-order valence-electron chi connectivity index (χ4n) is 1.67. The fraction of sp³-hybridized carbons (Fsp3) is 0.333. The first kappa shape index (κ1) is 12.1. The van der Waals surface area contributed by atoms with Crippen LogP contribution in [0.1, 0.15) is 30.6 Å². The summed E-state index contributed by atoms with van der Waals surface area (Å²) in [7, 11) is 0. The van der Waals surface area contributed by atoms with Gasteiger partial charge < -0.3 is 5.32 Å². The lowest BCUT2D eigenvalue weighted by atomic mass is 10.0. The third-order valence-corrected chi connectivity index (χ3v) is 3.01. The van der Waals surface area contributed by atoms with Crippen molar-refractivity contribution in [3.8, 4) is 0 Å². The minimum Gasteiger partial charge on any atom is -0.305 e. The third-order valence-electron chi connectivity index (χ3n) is 2.49. The van der Waals surface area contributed by atoms with E-state index in [1.165, 1.54) is 17.6 Å². The van der Waals surface area contributed by atoms with Gasteiger partial charge in [-0.2, -0.15) is 0 Å². The van der Waals surface area contributed by atoms with Crippen molar-refractivity contribution in [1.29, 1.82) is 0 Å². The van der Waals surface area contributed by atoms with E-state index in [2.05, 4.69) is 21.8 Å². The van der Waals surface area contributed by atoms with Crippen molar-refractivity contribution in [2.24, 2.45) is 0 Å². The topological polar surface area (TPSA) is 37.8 Å². The predicted octanol–water partition coefficient (Wildman–Crippen LogP) is 2.77. The number of hydrogen-bond donors (Lipinski definition) is 1. The Balaban J connectivity index is 2.30. The Morgan fingerprint density at radius 1 is 1.41 bits per heavy atom. The first-order valence-electron chi connectivity index (χ1n) is 5.57. The summed E-state index contributed by atoms with van der Waals surface area (Å²) in [5.41, 5.74) is 1.39. The van der Waals surface area contributed by atoms with Crippen LogP contribution in [-0.2, 0) is 0 Å². The van der Waals surface area contributed by atoms with Gasteiger partial charge in [0.2, 0.25) is 0 Å². The molecule has 2 rings (SSSR count). The van der Waals surface area contributed by atoms with Crippen molar-refractivity contribution in [1.82, 2.24) is 14.9 Å². The number of benzene rings is 1. The van der Waals surface area contributed by atoms with E-state index in [4.69, 9.17) is 0 Å². The molecule has 5 heteroatoms. The highest BCUT2D eigenvalue weighted by atomic mass is 32.1. The SMILES string of the molecule is CCCNC(c1csnn1)c1ccccc1F. The van der Waals surface area contributed by atoms with Gasteiger partial charge in [-0.15, -0.1) is 5.10 Å². The van der Waals surface area contributed by atoms with Crippen LogP contribution in [0.3, 0.4) is 0 Å². The smallest absolute Gasteiger partial charge is 0.128 e. The molecule has 0 radical (unpaired) electrons. The summed E-state index contributed by atoms with van der Waals surface area (Å²) in [6.07, 6.45) is 0.989. The van der Waals surface area contributed by atoms with Gasteiger partial charge in [-0.05, 0) is 30.6 Å². The van der Waals surface area contributed by atoms with Gasteiger partial charge in [0, 0.05) is 10.9 Å². The van der Waals surface area contributed by atoms with Crippen LogP contribution < -0.4 is 5.32 Å². The Morgan fingerprint density at radius 2 is 2.24 bits per heavy atom. The Labute approximate surface area is 104 Å². The van der Waals surface area contributed by atoms with Crippen LogP contribution in [-0.4, -0.2) is 16.1 Å². The Kier molecular flexibility index (Phi) is 4.17. The molecule has 1 N–H and O–H groups in total. The van der Waals surface area contributed by atoms with E-state index in [1.807, 2.05) is 11.4 Å². The number of halogens is 1. The molecule has 0 saturated heterocycles. The second kappa shape index (κ2) is 5.84. The van der Waals surface area contributed by atoms with Gasteiger partial charge in [0.15, 0.2) is 0 Å². The molecule has 1 atom stereocenters. The maximum atomic E-state index is 13.8. The average Bonchev–Trinajstić information content (AvgIpc) is 2.85. The van der Waals surface area contributed by atoms with E-state index in [-0.39, 0.29) is 11.9 Å². The van der Waals surface area contributed by atoms with Crippen LogP contribution in [0.4, 0.5) is 4.39 Å². The van der Waals surface area contributed by atoms with Gasteiger partial charge >= 0.3 is 0 Å². The summed E-state index contributed by atoms with van der Waals surface area (Å²) in [6.45, 7) is 2.89. The summed E-state index contributed by atoms with van der Waals surface area (Å²) in [5.74, 6) is -0.214. The zero-order chi connectivity index (χ0) is 12.1. The van der Waals surface area contributed by atoms with E-state index in [9.17, 15) is 4.39 Å². The van der Waals surface area contributed by atoms with Crippen LogP contribution in [0.25, 0.3) is 0 Å². The molecule has 1 aromatic heterocycles. The van der Waals surface area contributed by atoms with Crippen molar-refractivity contribution in [3.05, 3.63) is 46.7 Å². The van der Waals surface area contributed by atoms with Crippen molar-refractivity contribution in [2.75, 3.05) is 6.54 Å². The minimum absolute atomic E-state index is 0.213. The number of hydrogen-bond acceptors (Lipinski definition) is 4. The molecule has 2 aromatic rings. The van der Waals surface area contributed by atoms with Crippen LogP contribution in [0.5, 0.6) is 0 Å². The minimum atomic E-state index is -0.214. The molecule has 0 aliphatic rings. The second-order valence-electron chi connectivity index (χ2n) is 3.74. The summed E-state index contributed by atoms with van der Waals surface area (Å²) < 4.78 is 17.6. The first-order chi connectivity index (χ1) is 8.33. The molecule has 0 fully saturated rings. The maximum absolute atomic E-state index is 13.8. The van der Waals surface area contributed by atoms with Gasteiger partial charge in [-0.3, -0.25) is 0 Å². The largest absolute Gasteiger partial charge is 0.305 e. The quantitative estimate of drug-likeness (QED) is 0.888. The highest BCUT2D eigenvalue weighted by molar-refractivity contribution is 7.03. The van der Waals surface area contributed by atoms with E-state index in [1.54, 1.807) is 12.1 Å². The van der Waals surface area contributed by atoms with Crippen molar-refractivity contribution in [3.63, 3.8) is 0 Å². The van der Waals surface area contributed by atoms with E-state index in [0.717, 1.165) is 18.7 Å². The molecule has 0 aliphatic carbocycles. The lowest BCUT2D eigenvalue weighted by molar-refractivity contribution is 0.538. The van der Waals surface area contributed by atoms with Gasteiger partial charge in [0.1, 0.15) is 5.82 Å². The van der Waals surface area contributed by atoms with E-state index in [0.29, 0.717) is 5.56 Å². The summed E-state index contributed by atoms with van der Waals surface area (Å²) in [5, 5.41) is 9.17. The molecule has 90 valence electrons. The molecule has 0 saturated carbocycles. The van der Waals surface area contributed by atoms with Crippen molar-refractivity contribution >= 4 is 11.5 Å². The zero-order valence-electron chi connectivity index (χ0n) is 9.56. The number of rotatable bonds is 5. The second-order valence-corrected chi connectivity index (χ2v) is 4.35. The number of nitrogens with zero attached hydrogens (tertiary/aromatic N) is 2. The molecular weight excluding hydrogens is 237 g/mol. The lowest BCUT2D eigenvalue weighted by Gasteiger charge is -2.16. The monoisotopic (exact) mass is 251 g/mol. The van der Waals surface area contributed by atoms with Crippen molar-refractivity contribution < 1.29 is 4.39 Å². The Morgan fingerprint density at radius 3 is 2.88 bits per heavy atom. The van der Waals surface area contributed by atoms with Crippen LogP contribution >= 0.6 is 11.5 Å². The van der Waals surface area contributed by atoms with Gasteiger partial charge in [0.25, 0.3) is 0 Å². The molecule has 0 spiro atoms. The molecule has 3 nitrogen and oxygen atoms in total. The highest BCUT2D eigenvalue weighted by Gasteiger charge is 2.18. The number of nitrogens with one attached hydrogen (secondary N) is 1. The number of aromatic nitrogens is 2. The summed E-state index contributed by atoms with van der Waals surface area (Å²) in [6, 6.07) is 6.56. The van der Waals surface area contributed by atoms with Gasteiger partial charge in [0.05, 0.1) is 11.7 Å². The summed E-state index contributed by atoms with van der Waals surface area (Å²) in [4.78, 5) is 0. The van der Waals surface area contributed by atoms with E-state index < -0.39 is 0 Å². The lowest BCUT2D eigenvalue weighted by Crippen LogP contribution is -2.24.